The maximum absolute atomic E-state index is 12.8. The van der Waals surface area contributed by atoms with Gasteiger partial charge in [-0.3, -0.25) is 14.4 Å². The summed E-state index contributed by atoms with van der Waals surface area (Å²) in [5.41, 5.74) is 4.62. The molecule has 3 aromatic rings. The van der Waals surface area contributed by atoms with E-state index in [0.29, 0.717) is 5.06 Å². The molecule has 1 aliphatic heterocycles. The lowest BCUT2D eigenvalue weighted by atomic mass is 9.98. The highest BCUT2D eigenvalue weighted by molar-refractivity contribution is 6.20. The van der Waals surface area contributed by atoms with Crippen LogP contribution >= 0.6 is 0 Å². The van der Waals surface area contributed by atoms with Crippen LogP contribution in [0.2, 0.25) is 0 Å². The Bertz CT molecular complexity index is 1350. The van der Waals surface area contributed by atoms with E-state index in [-0.39, 0.29) is 30.3 Å². The first-order valence-corrected chi connectivity index (χ1v) is 12.0. The van der Waals surface area contributed by atoms with Gasteiger partial charge in [0.15, 0.2) is 6.04 Å². The molecule has 0 fully saturated rings. The number of carbonyl (C=O) groups excluding carboxylic acids is 4. The standard InChI is InChI=1S/C29H24N2O7/c1-2-15-36-28(34)25(17-38-31-26(32)22-13-7-8-14-23(22)27(31)33)30-29(35)37-16-24-20-11-5-3-9-18(20)19-10-4-6-12-21(19)24/h2-14,24-25H,1,15-17H2,(H,30,35)/t25-/m0/s1. The van der Waals surface area contributed by atoms with E-state index < -0.39 is 36.5 Å². The predicted molar refractivity (Wildman–Crippen MR) is 136 cm³/mol. The number of nitrogens with one attached hydrogen (secondary N) is 1. The molecule has 0 aromatic heterocycles. The molecule has 0 bridgehead atoms. The second-order valence-corrected chi connectivity index (χ2v) is 8.69. The SMILES string of the molecule is C=CCOC(=O)[C@H](CON1C(=O)c2ccccc2C1=O)NC(=O)OCC1c2ccccc2-c2ccccc21. The van der Waals surface area contributed by atoms with Gasteiger partial charge in [-0.05, 0) is 34.4 Å². The van der Waals surface area contributed by atoms with E-state index >= 15 is 0 Å². The Morgan fingerprint density at radius 3 is 1.92 bits per heavy atom. The monoisotopic (exact) mass is 512 g/mol. The summed E-state index contributed by atoms with van der Waals surface area (Å²) in [5, 5.41) is 3.00. The molecule has 1 heterocycles. The van der Waals surface area contributed by atoms with Gasteiger partial charge in [-0.15, -0.1) is 5.06 Å². The van der Waals surface area contributed by atoms with Crippen LogP contribution in [0.25, 0.3) is 11.1 Å². The van der Waals surface area contributed by atoms with Crippen LogP contribution in [0.4, 0.5) is 4.79 Å². The molecule has 2 aliphatic rings. The van der Waals surface area contributed by atoms with Gasteiger partial charge in [-0.1, -0.05) is 73.3 Å². The third kappa shape index (κ3) is 4.67. The van der Waals surface area contributed by atoms with E-state index in [0.717, 1.165) is 22.3 Å². The second kappa shape index (κ2) is 10.7. The molecule has 192 valence electrons. The smallest absolute Gasteiger partial charge is 0.407 e. The summed E-state index contributed by atoms with van der Waals surface area (Å²) in [6, 6.07) is 20.7. The van der Waals surface area contributed by atoms with Crippen LogP contribution in [0.15, 0.2) is 85.5 Å². The molecule has 38 heavy (non-hydrogen) atoms. The fourth-order valence-electron chi connectivity index (χ4n) is 4.63. The minimum Gasteiger partial charge on any atom is -0.460 e. The van der Waals surface area contributed by atoms with E-state index in [1.54, 1.807) is 12.1 Å². The predicted octanol–water partition coefficient (Wildman–Crippen LogP) is 3.85. The zero-order valence-electron chi connectivity index (χ0n) is 20.3. The summed E-state index contributed by atoms with van der Waals surface area (Å²) in [4.78, 5) is 55.9. The number of esters is 1. The molecule has 0 saturated heterocycles. The first-order chi connectivity index (χ1) is 18.5. The number of hydrogen-bond acceptors (Lipinski definition) is 7. The van der Waals surface area contributed by atoms with Crippen molar-refractivity contribution in [2.45, 2.75) is 12.0 Å². The van der Waals surface area contributed by atoms with Gasteiger partial charge in [-0.25, -0.2) is 9.59 Å². The number of amides is 3. The van der Waals surface area contributed by atoms with Crippen LogP contribution < -0.4 is 5.32 Å². The van der Waals surface area contributed by atoms with Gasteiger partial charge in [-0.2, -0.15) is 0 Å². The first kappa shape index (κ1) is 24.9. The Kier molecular flexibility index (Phi) is 7.01. The van der Waals surface area contributed by atoms with Crippen molar-refractivity contribution in [1.29, 1.82) is 0 Å². The normalized spacial score (nSPS) is 14.4. The number of nitrogens with zero attached hydrogens (tertiary/aromatic N) is 1. The zero-order valence-corrected chi connectivity index (χ0v) is 20.3. The number of rotatable bonds is 9. The number of hydroxylamine groups is 2. The summed E-state index contributed by atoms with van der Waals surface area (Å²) in [6.07, 6.45) is 0.492. The fraction of sp³-hybridized carbons (Fsp3) is 0.172. The molecule has 0 spiro atoms. The summed E-state index contributed by atoms with van der Waals surface area (Å²) >= 11 is 0. The summed E-state index contributed by atoms with van der Waals surface area (Å²) < 4.78 is 10.6. The number of ether oxygens (including phenoxy) is 2. The number of fused-ring (bicyclic) bond motifs is 4. The average Bonchev–Trinajstić information content (AvgIpc) is 3.39. The summed E-state index contributed by atoms with van der Waals surface area (Å²) in [5.74, 6) is -2.33. The van der Waals surface area contributed by atoms with Gasteiger partial charge >= 0.3 is 12.1 Å². The Labute approximate surface area is 218 Å². The topological polar surface area (TPSA) is 111 Å². The molecule has 0 radical (unpaired) electrons. The van der Waals surface area contributed by atoms with E-state index in [2.05, 4.69) is 11.9 Å². The third-order valence-electron chi connectivity index (χ3n) is 6.39. The molecule has 9 heteroatoms. The second-order valence-electron chi connectivity index (χ2n) is 8.69. The molecule has 3 aromatic carbocycles. The molecule has 3 amide bonds. The van der Waals surface area contributed by atoms with Crippen molar-refractivity contribution in [3.05, 3.63) is 108 Å². The Hall–Kier alpha value is -4.76. The molecule has 0 unspecified atom stereocenters. The van der Waals surface area contributed by atoms with Crippen LogP contribution in [0.1, 0.15) is 37.8 Å². The van der Waals surface area contributed by atoms with E-state index in [1.807, 2.05) is 48.5 Å². The maximum atomic E-state index is 12.8. The lowest BCUT2D eigenvalue weighted by Gasteiger charge is -2.21. The molecule has 9 nitrogen and oxygen atoms in total. The van der Waals surface area contributed by atoms with Gasteiger partial charge in [0.05, 0.1) is 11.1 Å². The summed E-state index contributed by atoms with van der Waals surface area (Å²) in [6.45, 7) is 2.89. The minimum absolute atomic E-state index is 0.0353. The van der Waals surface area contributed by atoms with Crippen LogP contribution in [0, 0.1) is 0 Å². The van der Waals surface area contributed by atoms with Gasteiger partial charge in [0, 0.05) is 5.92 Å². The van der Waals surface area contributed by atoms with Crippen molar-refractivity contribution >= 4 is 23.9 Å². The van der Waals surface area contributed by atoms with Crippen LogP contribution in [0.5, 0.6) is 0 Å². The minimum atomic E-state index is -1.35. The average molecular weight is 513 g/mol. The largest absolute Gasteiger partial charge is 0.460 e. The van der Waals surface area contributed by atoms with Gasteiger partial charge in [0.25, 0.3) is 11.8 Å². The quantitative estimate of drug-likeness (QED) is 0.263. The molecular weight excluding hydrogens is 488 g/mol. The van der Waals surface area contributed by atoms with Crippen molar-refractivity contribution in [3.8, 4) is 11.1 Å². The Morgan fingerprint density at radius 1 is 0.842 bits per heavy atom. The van der Waals surface area contributed by atoms with Crippen molar-refractivity contribution < 1.29 is 33.5 Å². The number of alkyl carbamates (subject to hydrolysis) is 1. The van der Waals surface area contributed by atoms with Crippen molar-refractivity contribution in [1.82, 2.24) is 10.4 Å². The number of hydrogen-bond donors (Lipinski definition) is 1. The summed E-state index contributed by atoms with van der Waals surface area (Å²) in [7, 11) is 0. The highest BCUT2D eigenvalue weighted by Crippen LogP contribution is 2.44. The van der Waals surface area contributed by atoms with Crippen molar-refractivity contribution in [2.75, 3.05) is 19.8 Å². The third-order valence-corrected chi connectivity index (χ3v) is 6.39. The first-order valence-electron chi connectivity index (χ1n) is 12.0. The van der Waals surface area contributed by atoms with Gasteiger partial charge in [0.2, 0.25) is 0 Å². The van der Waals surface area contributed by atoms with E-state index in [1.165, 1.54) is 18.2 Å². The molecule has 5 rings (SSSR count). The fourth-order valence-corrected chi connectivity index (χ4v) is 4.63. The van der Waals surface area contributed by atoms with Crippen molar-refractivity contribution in [3.63, 3.8) is 0 Å². The Balaban J connectivity index is 1.25. The molecular formula is C29H24N2O7. The molecule has 0 saturated carbocycles. The lowest BCUT2D eigenvalue weighted by Crippen LogP contribution is -2.47. The zero-order chi connectivity index (χ0) is 26.6. The maximum Gasteiger partial charge on any atom is 0.407 e. The van der Waals surface area contributed by atoms with Crippen LogP contribution in [-0.2, 0) is 19.1 Å². The molecule has 1 atom stereocenters. The number of benzene rings is 3. The van der Waals surface area contributed by atoms with Crippen LogP contribution in [-0.4, -0.2) is 54.8 Å². The molecule has 1 N–H and O–H groups in total. The van der Waals surface area contributed by atoms with Gasteiger partial charge < -0.3 is 14.8 Å². The molecule has 1 aliphatic carbocycles. The number of imide groups is 1. The Morgan fingerprint density at radius 2 is 1.37 bits per heavy atom. The van der Waals surface area contributed by atoms with E-state index in [4.69, 9.17) is 14.3 Å². The van der Waals surface area contributed by atoms with Gasteiger partial charge in [0.1, 0.15) is 19.8 Å². The van der Waals surface area contributed by atoms with Crippen LogP contribution in [0.3, 0.4) is 0 Å². The van der Waals surface area contributed by atoms with Crippen molar-refractivity contribution in [2.24, 2.45) is 0 Å². The highest BCUT2D eigenvalue weighted by atomic mass is 16.7. The highest BCUT2D eigenvalue weighted by Gasteiger charge is 2.38. The van der Waals surface area contributed by atoms with E-state index in [9.17, 15) is 19.2 Å². The number of carbonyl (C=O) groups is 4. The lowest BCUT2D eigenvalue weighted by molar-refractivity contribution is -0.152.